The molecule has 0 N–H and O–H groups in total. The van der Waals surface area contributed by atoms with Crippen LogP contribution in [-0.2, 0) is 4.79 Å². The molecule has 0 bridgehead atoms. The maximum Gasteiger partial charge on any atom is 0.254 e. The first kappa shape index (κ1) is 23.2. The van der Waals surface area contributed by atoms with Crippen molar-refractivity contribution in [1.29, 1.82) is 0 Å². The molecule has 2 aromatic carbocycles. The number of fused-ring (bicyclic) bond motifs is 1. The predicted molar refractivity (Wildman–Crippen MR) is 137 cm³/mol. The van der Waals surface area contributed by atoms with E-state index in [0.717, 1.165) is 18.0 Å². The standard InChI is InChI=1S/C27H29N3O4S/c1-28-25(23-10-7-15-35-23)24(19-16-21(33-2)22(34-3)17-20(19)26(28)31)27(32)30-13-11-29(12-14-30)18-8-5-4-6-9-18/h4-10,15-17,24-25H,11-14H2,1-3H3/t24-,25-/m1/s1. The molecule has 0 spiro atoms. The van der Waals surface area contributed by atoms with Crippen molar-refractivity contribution in [3.63, 3.8) is 0 Å². The summed E-state index contributed by atoms with van der Waals surface area (Å²) in [6.07, 6.45) is 0. The van der Waals surface area contributed by atoms with Crippen molar-refractivity contribution in [3.05, 3.63) is 76.0 Å². The largest absolute Gasteiger partial charge is 0.493 e. The Morgan fingerprint density at radius 3 is 2.26 bits per heavy atom. The van der Waals surface area contributed by atoms with Crippen LogP contribution in [0.1, 0.15) is 32.8 Å². The molecule has 3 heterocycles. The number of thiophene rings is 1. The lowest BCUT2D eigenvalue weighted by atomic mass is 9.81. The van der Waals surface area contributed by atoms with Crippen molar-refractivity contribution in [2.45, 2.75) is 12.0 Å². The Morgan fingerprint density at radius 2 is 1.63 bits per heavy atom. The molecule has 35 heavy (non-hydrogen) atoms. The molecule has 2 amide bonds. The number of rotatable bonds is 5. The quantitative estimate of drug-likeness (QED) is 0.540. The second kappa shape index (κ2) is 9.62. The molecule has 7 nitrogen and oxygen atoms in total. The summed E-state index contributed by atoms with van der Waals surface area (Å²) >= 11 is 1.56. The lowest BCUT2D eigenvalue weighted by Gasteiger charge is -2.43. The maximum absolute atomic E-state index is 14.2. The molecule has 5 rings (SSSR count). The van der Waals surface area contributed by atoms with Gasteiger partial charge in [0, 0.05) is 49.4 Å². The Balaban J connectivity index is 1.51. The number of methoxy groups -OCH3 is 2. The zero-order chi connectivity index (χ0) is 24.5. The number of para-hydroxylation sites is 1. The van der Waals surface area contributed by atoms with Crippen LogP contribution in [0.4, 0.5) is 5.69 Å². The number of hydrogen-bond donors (Lipinski definition) is 0. The smallest absolute Gasteiger partial charge is 0.254 e. The zero-order valence-corrected chi connectivity index (χ0v) is 21.0. The predicted octanol–water partition coefficient (Wildman–Crippen LogP) is 4.02. The first-order valence-corrected chi connectivity index (χ1v) is 12.6. The lowest BCUT2D eigenvalue weighted by molar-refractivity contribution is -0.134. The van der Waals surface area contributed by atoms with Crippen LogP contribution in [0.25, 0.3) is 0 Å². The average molecular weight is 492 g/mol. The van der Waals surface area contributed by atoms with E-state index in [2.05, 4.69) is 17.0 Å². The van der Waals surface area contributed by atoms with Gasteiger partial charge in [0.25, 0.3) is 5.91 Å². The number of carbonyl (C=O) groups is 2. The molecule has 0 unspecified atom stereocenters. The van der Waals surface area contributed by atoms with Gasteiger partial charge < -0.3 is 24.2 Å². The minimum absolute atomic E-state index is 0.0314. The maximum atomic E-state index is 14.2. The van der Waals surface area contributed by atoms with Crippen LogP contribution in [0.3, 0.4) is 0 Å². The molecule has 1 fully saturated rings. The van der Waals surface area contributed by atoms with E-state index in [1.54, 1.807) is 43.6 Å². The third-order valence-corrected chi connectivity index (χ3v) is 7.93. The van der Waals surface area contributed by atoms with E-state index in [-0.39, 0.29) is 17.9 Å². The molecule has 2 aliphatic heterocycles. The summed E-state index contributed by atoms with van der Waals surface area (Å²) in [5.41, 5.74) is 2.35. The highest BCUT2D eigenvalue weighted by atomic mass is 32.1. The third kappa shape index (κ3) is 4.12. The van der Waals surface area contributed by atoms with Crippen LogP contribution >= 0.6 is 11.3 Å². The van der Waals surface area contributed by atoms with E-state index in [9.17, 15) is 9.59 Å². The summed E-state index contributed by atoms with van der Waals surface area (Å²) in [6.45, 7) is 2.78. The van der Waals surface area contributed by atoms with Gasteiger partial charge in [-0.15, -0.1) is 11.3 Å². The number of anilines is 1. The average Bonchev–Trinajstić information content (AvgIpc) is 3.44. The monoisotopic (exact) mass is 491 g/mol. The molecule has 182 valence electrons. The molecule has 0 saturated carbocycles. The van der Waals surface area contributed by atoms with E-state index in [1.165, 1.54) is 5.69 Å². The fraction of sp³-hybridized carbons (Fsp3) is 0.333. The van der Waals surface area contributed by atoms with Gasteiger partial charge in [0.2, 0.25) is 5.91 Å². The van der Waals surface area contributed by atoms with Gasteiger partial charge in [-0.3, -0.25) is 9.59 Å². The van der Waals surface area contributed by atoms with E-state index >= 15 is 0 Å². The Kier molecular flexibility index (Phi) is 6.38. The number of hydrogen-bond acceptors (Lipinski definition) is 6. The molecule has 8 heteroatoms. The summed E-state index contributed by atoms with van der Waals surface area (Å²) in [5.74, 6) is 0.362. The van der Waals surface area contributed by atoms with Crippen LogP contribution in [0.15, 0.2) is 60.0 Å². The van der Waals surface area contributed by atoms with Gasteiger partial charge in [0.05, 0.1) is 26.2 Å². The number of nitrogens with zero attached hydrogens (tertiary/aromatic N) is 3. The second-order valence-corrected chi connectivity index (χ2v) is 9.78. The van der Waals surface area contributed by atoms with E-state index < -0.39 is 5.92 Å². The molecule has 2 atom stereocenters. The Hall–Kier alpha value is -3.52. The molecule has 3 aromatic rings. The van der Waals surface area contributed by atoms with Crippen molar-refractivity contribution in [2.75, 3.05) is 52.3 Å². The Morgan fingerprint density at radius 1 is 0.943 bits per heavy atom. The Labute approximate surface area is 209 Å². The first-order chi connectivity index (χ1) is 17.0. The fourth-order valence-electron chi connectivity index (χ4n) is 5.15. The van der Waals surface area contributed by atoms with Crippen LogP contribution in [0, 0.1) is 0 Å². The highest BCUT2D eigenvalue weighted by Gasteiger charge is 2.45. The summed E-state index contributed by atoms with van der Waals surface area (Å²) in [7, 11) is 4.89. The molecule has 1 saturated heterocycles. The number of benzene rings is 2. The number of ether oxygens (including phenoxy) is 2. The van der Waals surface area contributed by atoms with Gasteiger partial charge in [-0.25, -0.2) is 0 Å². The van der Waals surface area contributed by atoms with E-state index in [0.29, 0.717) is 35.7 Å². The van der Waals surface area contributed by atoms with Gasteiger partial charge in [-0.1, -0.05) is 24.3 Å². The summed E-state index contributed by atoms with van der Waals surface area (Å²) in [4.78, 5) is 34.5. The lowest BCUT2D eigenvalue weighted by Crippen LogP contribution is -2.53. The molecule has 0 aliphatic carbocycles. The summed E-state index contributed by atoms with van der Waals surface area (Å²) in [6, 6.07) is 17.4. The van der Waals surface area contributed by atoms with Crippen molar-refractivity contribution in [2.24, 2.45) is 0 Å². The molecule has 0 radical (unpaired) electrons. The number of carbonyl (C=O) groups excluding carboxylic acids is 2. The molecular weight excluding hydrogens is 462 g/mol. The van der Waals surface area contributed by atoms with Crippen LogP contribution < -0.4 is 14.4 Å². The van der Waals surface area contributed by atoms with Crippen LogP contribution in [0.5, 0.6) is 11.5 Å². The second-order valence-electron chi connectivity index (χ2n) is 8.80. The van der Waals surface area contributed by atoms with Gasteiger partial charge in [0.1, 0.15) is 0 Å². The topological polar surface area (TPSA) is 62.3 Å². The summed E-state index contributed by atoms with van der Waals surface area (Å²) in [5, 5.41) is 1.98. The number of likely N-dealkylation sites (N-methyl/N-ethyl adjacent to an activating group) is 1. The minimum Gasteiger partial charge on any atom is -0.493 e. The van der Waals surface area contributed by atoms with Crippen molar-refractivity contribution < 1.29 is 19.1 Å². The third-order valence-electron chi connectivity index (χ3n) is 6.99. The fourth-order valence-corrected chi connectivity index (χ4v) is 6.06. The normalized spacial score (nSPS) is 20.0. The van der Waals surface area contributed by atoms with Gasteiger partial charge in [0.15, 0.2) is 11.5 Å². The van der Waals surface area contributed by atoms with Gasteiger partial charge >= 0.3 is 0 Å². The van der Waals surface area contributed by atoms with Gasteiger partial charge in [-0.2, -0.15) is 0 Å². The van der Waals surface area contributed by atoms with Crippen LogP contribution in [0.2, 0.25) is 0 Å². The number of amides is 2. The van der Waals surface area contributed by atoms with E-state index in [4.69, 9.17) is 9.47 Å². The van der Waals surface area contributed by atoms with E-state index in [1.807, 2.05) is 46.7 Å². The summed E-state index contributed by atoms with van der Waals surface area (Å²) < 4.78 is 11.0. The highest BCUT2D eigenvalue weighted by Crippen LogP contribution is 2.47. The Bertz CT molecular complexity index is 1210. The highest BCUT2D eigenvalue weighted by molar-refractivity contribution is 7.10. The zero-order valence-electron chi connectivity index (χ0n) is 20.1. The van der Waals surface area contributed by atoms with Gasteiger partial charge in [-0.05, 0) is 41.3 Å². The molecule has 1 aromatic heterocycles. The van der Waals surface area contributed by atoms with Crippen molar-refractivity contribution >= 4 is 28.8 Å². The van der Waals surface area contributed by atoms with Crippen molar-refractivity contribution in [1.82, 2.24) is 9.80 Å². The first-order valence-electron chi connectivity index (χ1n) is 11.7. The molecular formula is C27H29N3O4S. The SMILES string of the molecule is COc1cc2c(cc1OC)[C@@H](C(=O)N1CCN(c3ccccc3)CC1)[C@@H](c1cccs1)N(C)C2=O. The molecule has 2 aliphatic rings. The van der Waals surface area contributed by atoms with Crippen LogP contribution in [-0.4, -0.2) is 69.1 Å². The van der Waals surface area contributed by atoms with Crippen molar-refractivity contribution in [3.8, 4) is 11.5 Å². The minimum atomic E-state index is -0.533. The number of piperazine rings is 1.